The number of amides is 2. The van der Waals surface area contributed by atoms with E-state index < -0.39 is 40.3 Å². The van der Waals surface area contributed by atoms with Crippen molar-refractivity contribution in [2.75, 3.05) is 24.7 Å². The van der Waals surface area contributed by atoms with Crippen molar-refractivity contribution in [3.05, 3.63) is 0 Å². The van der Waals surface area contributed by atoms with Gasteiger partial charge in [-0.3, -0.25) is 9.59 Å². The van der Waals surface area contributed by atoms with Crippen LogP contribution in [0.2, 0.25) is 0 Å². The lowest BCUT2D eigenvalue weighted by Gasteiger charge is -2.40. The smallest absolute Gasteiger partial charge is 0.248 e. The van der Waals surface area contributed by atoms with Crippen molar-refractivity contribution in [2.24, 2.45) is 0 Å². The Morgan fingerprint density at radius 2 is 2.12 bits per heavy atom. The second-order valence-electron chi connectivity index (χ2n) is 3.91. The molecule has 2 atom stereocenters. The lowest BCUT2D eigenvalue weighted by molar-refractivity contribution is -0.149. The van der Waals surface area contributed by atoms with Crippen LogP contribution in [0.4, 0.5) is 0 Å². The van der Waals surface area contributed by atoms with Gasteiger partial charge in [0.05, 0.1) is 18.1 Å². The molecule has 8 heteroatoms. The Hall–Kier alpha value is -1.15. The zero-order valence-electron chi connectivity index (χ0n) is 8.42. The van der Waals surface area contributed by atoms with Gasteiger partial charge in [-0.1, -0.05) is 0 Å². The number of hydrogen-bond donors (Lipinski definition) is 2. The van der Waals surface area contributed by atoms with Crippen LogP contribution in [0, 0.1) is 0 Å². The number of hydrogen-bond acceptors (Lipinski definition) is 5. The van der Waals surface area contributed by atoms with E-state index in [1.54, 1.807) is 0 Å². The van der Waals surface area contributed by atoms with Crippen molar-refractivity contribution >= 4 is 21.7 Å². The summed E-state index contributed by atoms with van der Waals surface area (Å²) in [4.78, 5) is 24.5. The molecule has 2 rings (SSSR count). The van der Waals surface area contributed by atoms with Crippen molar-refractivity contribution in [2.45, 2.75) is 12.1 Å². The second-order valence-corrected chi connectivity index (χ2v) is 6.13. The summed E-state index contributed by atoms with van der Waals surface area (Å²) < 4.78 is 22.7. The van der Waals surface area contributed by atoms with E-state index in [0.717, 1.165) is 0 Å². The molecule has 2 amide bonds. The highest BCUT2D eigenvalue weighted by atomic mass is 32.2. The summed E-state index contributed by atoms with van der Waals surface area (Å²) in [5.41, 5.74) is 0. The van der Waals surface area contributed by atoms with Crippen LogP contribution >= 0.6 is 0 Å². The monoisotopic (exact) mass is 248 g/mol. The molecule has 2 saturated heterocycles. The number of carbonyl (C=O) groups is 2. The van der Waals surface area contributed by atoms with Crippen molar-refractivity contribution in [1.29, 1.82) is 0 Å². The van der Waals surface area contributed by atoms with Crippen LogP contribution < -0.4 is 5.32 Å². The molecule has 0 aromatic heterocycles. The number of rotatable bonds is 1. The summed E-state index contributed by atoms with van der Waals surface area (Å²) in [5.74, 6) is -1.38. The van der Waals surface area contributed by atoms with E-state index in [-0.39, 0.29) is 18.1 Å². The Morgan fingerprint density at radius 3 is 2.75 bits per heavy atom. The Bertz CT molecular complexity index is 432. The topological polar surface area (TPSA) is 104 Å². The molecule has 2 fully saturated rings. The Kier molecular flexibility index (Phi) is 2.62. The van der Waals surface area contributed by atoms with Crippen LogP contribution in [0.3, 0.4) is 0 Å². The predicted molar refractivity (Wildman–Crippen MR) is 53.2 cm³/mol. The maximum atomic E-state index is 11.7. The first-order valence-corrected chi connectivity index (χ1v) is 6.69. The number of carbonyl (C=O) groups excluding carboxylic acids is 2. The Balaban J connectivity index is 2.26. The van der Waals surface area contributed by atoms with Crippen LogP contribution in [0.25, 0.3) is 0 Å². The van der Waals surface area contributed by atoms with Gasteiger partial charge in [-0.05, 0) is 0 Å². The first-order chi connectivity index (χ1) is 7.44. The predicted octanol–water partition coefficient (Wildman–Crippen LogP) is -2.90. The van der Waals surface area contributed by atoms with Gasteiger partial charge < -0.3 is 15.3 Å². The number of nitrogens with zero attached hydrogens (tertiary/aromatic N) is 1. The van der Waals surface area contributed by atoms with Crippen LogP contribution in [0.15, 0.2) is 0 Å². The van der Waals surface area contributed by atoms with E-state index in [1.165, 1.54) is 4.90 Å². The minimum absolute atomic E-state index is 0.0236. The quantitative estimate of drug-likeness (QED) is 0.518. The molecule has 7 nitrogen and oxygen atoms in total. The highest BCUT2D eigenvalue weighted by Gasteiger charge is 2.45. The van der Waals surface area contributed by atoms with Gasteiger partial charge in [-0.15, -0.1) is 0 Å². The number of aliphatic hydroxyl groups is 1. The van der Waals surface area contributed by atoms with E-state index in [0.29, 0.717) is 0 Å². The van der Waals surface area contributed by atoms with E-state index >= 15 is 0 Å². The molecule has 90 valence electrons. The molecule has 0 aromatic carbocycles. The lowest BCUT2D eigenvalue weighted by Crippen LogP contribution is -2.68. The van der Waals surface area contributed by atoms with Gasteiger partial charge in [-0.2, -0.15) is 0 Å². The van der Waals surface area contributed by atoms with Gasteiger partial charge in [0.25, 0.3) is 0 Å². The van der Waals surface area contributed by atoms with Gasteiger partial charge in [0.1, 0.15) is 12.1 Å². The summed E-state index contributed by atoms with van der Waals surface area (Å²) in [6.45, 7) is -0.448. The molecule has 0 aromatic rings. The zero-order chi connectivity index (χ0) is 11.9. The minimum atomic E-state index is -3.25. The van der Waals surface area contributed by atoms with Crippen LogP contribution in [0.1, 0.15) is 0 Å². The molecule has 0 saturated carbocycles. The minimum Gasteiger partial charge on any atom is -0.394 e. The third kappa shape index (κ3) is 1.78. The Morgan fingerprint density at radius 1 is 1.44 bits per heavy atom. The Labute approximate surface area is 92.3 Å². The van der Waals surface area contributed by atoms with Gasteiger partial charge in [0, 0.05) is 6.54 Å². The third-order valence-corrected chi connectivity index (χ3v) is 4.44. The van der Waals surface area contributed by atoms with Crippen molar-refractivity contribution < 1.29 is 23.1 Å². The normalized spacial score (nSPS) is 33.2. The van der Waals surface area contributed by atoms with Gasteiger partial charge in [-0.25, -0.2) is 8.42 Å². The summed E-state index contributed by atoms with van der Waals surface area (Å²) in [6.07, 6.45) is 0. The van der Waals surface area contributed by atoms with E-state index in [9.17, 15) is 18.0 Å². The number of nitrogens with one attached hydrogen (secondary N) is 1. The molecular formula is C8H12N2O5S. The lowest BCUT2D eigenvalue weighted by atomic mass is 10.1. The average molecular weight is 248 g/mol. The number of piperazine rings is 1. The maximum absolute atomic E-state index is 11.7. The fraction of sp³-hybridized carbons (Fsp3) is 0.750. The first kappa shape index (κ1) is 11.3. The van der Waals surface area contributed by atoms with E-state index in [1.807, 2.05) is 0 Å². The molecule has 0 radical (unpaired) electrons. The summed E-state index contributed by atoms with van der Waals surface area (Å²) in [7, 11) is -3.25. The fourth-order valence-corrected chi connectivity index (χ4v) is 3.40. The van der Waals surface area contributed by atoms with Crippen LogP contribution in [-0.2, 0) is 19.4 Å². The third-order valence-electron chi connectivity index (χ3n) is 2.81. The van der Waals surface area contributed by atoms with Crippen LogP contribution in [-0.4, -0.2) is 67.0 Å². The van der Waals surface area contributed by atoms with Crippen LogP contribution in [0.5, 0.6) is 0 Å². The van der Waals surface area contributed by atoms with E-state index in [4.69, 9.17) is 5.11 Å². The van der Waals surface area contributed by atoms with Gasteiger partial charge in [0.2, 0.25) is 11.8 Å². The molecule has 2 heterocycles. The van der Waals surface area contributed by atoms with Crippen molar-refractivity contribution in [1.82, 2.24) is 10.2 Å². The van der Waals surface area contributed by atoms with Gasteiger partial charge >= 0.3 is 0 Å². The largest absolute Gasteiger partial charge is 0.394 e. The molecule has 2 aliphatic rings. The molecule has 0 aliphatic carbocycles. The van der Waals surface area contributed by atoms with Crippen molar-refractivity contribution in [3.63, 3.8) is 0 Å². The molecule has 2 N–H and O–H groups in total. The standard InChI is InChI=1S/C8H12N2O5S/c11-3-5-8(13)10-1-2-16(14,15)4-6(10)7(12)9-5/h5-6,11H,1-4H2,(H,9,12). The first-order valence-electron chi connectivity index (χ1n) is 4.87. The highest BCUT2D eigenvalue weighted by Crippen LogP contribution is 2.17. The van der Waals surface area contributed by atoms with Crippen molar-refractivity contribution in [3.8, 4) is 0 Å². The van der Waals surface area contributed by atoms with Gasteiger partial charge in [0.15, 0.2) is 9.84 Å². The molecule has 2 unspecified atom stereocenters. The number of fused-ring (bicyclic) bond motifs is 1. The second kappa shape index (κ2) is 3.70. The molecule has 16 heavy (non-hydrogen) atoms. The molecular weight excluding hydrogens is 236 g/mol. The molecule has 0 spiro atoms. The summed E-state index contributed by atoms with van der Waals surface area (Å²) in [5, 5.41) is 11.2. The summed E-state index contributed by atoms with van der Waals surface area (Å²) in [6, 6.07) is -1.88. The SMILES string of the molecule is O=C1NC(CO)C(=O)N2CCS(=O)(=O)CC12. The molecule has 2 aliphatic heterocycles. The highest BCUT2D eigenvalue weighted by molar-refractivity contribution is 7.91. The molecule has 0 bridgehead atoms. The van der Waals surface area contributed by atoms with E-state index in [2.05, 4.69) is 5.32 Å². The number of sulfone groups is 1. The summed E-state index contributed by atoms with van der Waals surface area (Å²) >= 11 is 0. The average Bonchev–Trinajstić information content (AvgIpc) is 2.22. The fourth-order valence-electron chi connectivity index (χ4n) is 1.94. The maximum Gasteiger partial charge on any atom is 0.248 e. The zero-order valence-corrected chi connectivity index (χ0v) is 9.24. The number of aliphatic hydroxyl groups excluding tert-OH is 1.